The fourth-order valence-corrected chi connectivity index (χ4v) is 4.98. The summed E-state index contributed by atoms with van der Waals surface area (Å²) in [5.74, 6) is 0. The van der Waals surface area contributed by atoms with Crippen molar-refractivity contribution in [3.05, 3.63) is 129 Å². The molecule has 0 atom stereocenters. The summed E-state index contributed by atoms with van der Waals surface area (Å²) in [5.41, 5.74) is 11.1. The van der Waals surface area contributed by atoms with E-state index >= 15 is 0 Å². The second-order valence-electron chi connectivity index (χ2n) is 9.34. The van der Waals surface area contributed by atoms with Crippen molar-refractivity contribution in [1.29, 1.82) is 0 Å². The van der Waals surface area contributed by atoms with Crippen LogP contribution in [0.4, 0.5) is 0 Å². The van der Waals surface area contributed by atoms with E-state index in [2.05, 4.69) is 113 Å². The Morgan fingerprint density at radius 2 is 1.03 bits per heavy atom. The van der Waals surface area contributed by atoms with Crippen LogP contribution in [0.5, 0.6) is 0 Å². The van der Waals surface area contributed by atoms with E-state index in [0.717, 1.165) is 12.8 Å². The molecule has 0 amide bonds. The molecule has 0 unspecified atom stereocenters. The van der Waals surface area contributed by atoms with Crippen LogP contribution in [0, 0.1) is 27.7 Å². The van der Waals surface area contributed by atoms with Crippen molar-refractivity contribution in [2.24, 2.45) is 0 Å². The molecular weight excluding hydrogens is 384 g/mol. The first-order chi connectivity index (χ1) is 15.5. The fraction of sp³-hybridized carbons (Fsp3) is 0.188. The number of hydrogen-bond donors (Lipinski definition) is 0. The summed E-state index contributed by atoms with van der Waals surface area (Å²) in [6, 6.07) is 31.8. The highest BCUT2D eigenvalue weighted by Crippen LogP contribution is 2.32. The second kappa shape index (κ2) is 8.28. The topological polar surface area (TPSA) is 0 Å². The summed E-state index contributed by atoms with van der Waals surface area (Å²) in [6.45, 7) is 8.82. The molecular formula is C32H30. The van der Waals surface area contributed by atoms with Gasteiger partial charge < -0.3 is 0 Å². The highest BCUT2D eigenvalue weighted by Gasteiger charge is 2.13. The number of aryl methyl sites for hydroxylation is 4. The lowest BCUT2D eigenvalue weighted by Gasteiger charge is -2.17. The van der Waals surface area contributed by atoms with Crippen molar-refractivity contribution in [2.75, 3.05) is 0 Å². The van der Waals surface area contributed by atoms with Crippen LogP contribution in [0.3, 0.4) is 0 Å². The largest absolute Gasteiger partial charge is 0.0616 e. The Labute approximate surface area is 191 Å². The molecule has 0 saturated heterocycles. The van der Waals surface area contributed by atoms with Gasteiger partial charge in [0.1, 0.15) is 0 Å². The molecule has 0 N–H and O–H groups in total. The molecule has 0 aliphatic heterocycles. The van der Waals surface area contributed by atoms with Gasteiger partial charge in [0, 0.05) is 0 Å². The minimum absolute atomic E-state index is 0.960. The van der Waals surface area contributed by atoms with Crippen molar-refractivity contribution in [1.82, 2.24) is 0 Å². The molecule has 0 heteroatoms. The lowest BCUT2D eigenvalue weighted by Crippen LogP contribution is -2.02. The minimum Gasteiger partial charge on any atom is -0.0616 e. The van der Waals surface area contributed by atoms with Crippen LogP contribution in [0.25, 0.3) is 21.5 Å². The lowest BCUT2D eigenvalue weighted by molar-refractivity contribution is 1.08. The average molecular weight is 415 g/mol. The Kier molecular flexibility index (Phi) is 5.31. The van der Waals surface area contributed by atoms with Crippen LogP contribution >= 0.6 is 0 Å². The van der Waals surface area contributed by atoms with Crippen LogP contribution in [0.2, 0.25) is 0 Å². The van der Waals surface area contributed by atoms with Gasteiger partial charge in [-0.2, -0.15) is 0 Å². The monoisotopic (exact) mass is 414 g/mol. The summed E-state index contributed by atoms with van der Waals surface area (Å²) >= 11 is 0. The van der Waals surface area contributed by atoms with Gasteiger partial charge in [0.25, 0.3) is 0 Å². The smallest absolute Gasteiger partial charge is 0.00141 e. The predicted octanol–water partition coefficient (Wildman–Crippen LogP) is 8.41. The molecule has 0 aliphatic carbocycles. The third-order valence-corrected chi connectivity index (χ3v) is 6.84. The molecule has 0 saturated carbocycles. The van der Waals surface area contributed by atoms with Gasteiger partial charge in [-0.25, -0.2) is 0 Å². The Bertz CT molecular complexity index is 1450. The van der Waals surface area contributed by atoms with E-state index in [9.17, 15) is 0 Å². The van der Waals surface area contributed by atoms with E-state index in [1.54, 1.807) is 0 Å². The zero-order chi connectivity index (χ0) is 22.2. The van der Waals surface area contributed by atoms with Crippen molar-refractivity contribution < 1.29 is 0 Å². The molecule has 0 nitrogen and oxygen atoms in total. The number of hydrogen-bond acceptors (Lipinski definition) is 0. The Balaban J connectivity index is 1.70. The maximum atomic E-state index is 2.40. The van der Waals surface area contributed by atoms with Crippen molar-refractivity contribution in [2.45, 2.75) is 40.5 Å². The predicted molar refractivity (Wildman–Crippen MR) is 139 cm³/mol. The average Bonchev–Trinajstić information content (AvgIpc) is 2.77. The number of fused-ring (bicyclic) bond motifs is 2. The zero-order valence-corrected chi connectivity index (χ0v) is 19.5. The van der Waals surface area contributed by atoms with Gasteiger partial charge in [-0.05, 0) is 108 Å². The summed E-state index contributed by atoms with van der Waals surface area (Å²) in [4.78, 5) is 0. The molecule has 0 fully saturated rings. The second-order valence-corrected chi connectivity index (χ2v) is 9.34. The van der Waals surface area contributed by atoms with Gasteiger partial charge in [0.2, 0.25) is 0 Å². The quantitative estimate of drug-likeness (QED) is 0.259. The maximum absolute atomic E-state index is 2.40. The van der Waals surface area contributed by atoms with Crippen LogP contribution in [-0.4, -0.2) is 0 Å². The number of benzene rings is 5. The first kappa shape index (κ1) is 20.5. The van der Waals surface area contributed by atoms with Gasteiger partial charge in [-0.15, -0.1) is 0 Å². The van der Waals surface area contributed by atoms with Gasteiger partial charge >= 0.3 is 0 Å². The van der Waals surface area contributed by atoms with E-state index in [-0.39, 0.29) is 0 Å². The van der Waals surface area contributed by atoms with E-state index < -0.39 is 0 Å². The van der Waals surface area contributed by atoms with Crippen LogP contribution in [0.15, 0.2) is 84.9 Å². The lowest BCUT2D eigenvalue weighted by atomic mass is 9.87. The molecule has 0 heterocycles. The standard InChI is InChI=1S/C32H30/c1-21-9-11-25(23(3)15-21)17-29-13-14-30-18-27-7-5-6-8-28(27)20-32(30)31(29)19-26-12-10-22(2)16-24(26)4/h5-16,18,20H,17,19H2,1-4H3. The molecule has 0 aromatic heterocycles. The fourth-order valence-electron chi connectivity index (χ4n) is 4.98. The normalized spacial score (nSPS) is 11.4. The molecule has 5 aromatic rings. The Hall–Kier alpha value is -3.38. The third-order valence-electron chi connectivity index (χ3n) is 6.84. The molecule has 5 rings (SSSR count). The van der Waals surface area contributed by atoms with Gasteiger partial charge in [0.15, 0.2) is 0 Å². The van der Waals surface area contributed by atoms with Crippen molar-refractivity contribution in [3.63, 3.8) is 0 Å². The van der Waals surface area contributed by atoms with E-state index in [1.807, 2.05) is 0 Å². The van der Waals surface area contributed by atoms with E-state index in [1.165, 1.54) is 66.1 Å². The highest BCUT2D eigenvalue weighted by molar-refractivity contribution is 6.00. The molecule has 0 bridgehead atoms. The van der Waals surface area contributed by atoms with Gasteiger partial charge in [-0.1, -0.05) is 83.9 Å². The molecule has 158 valence electrons. The maximum Gasteiger partial charge on any atom is -0.00141 e. The highest BCUT2D eigenvalue weighted by atomic mass is 14.2. The molecule has 0 aliphatic rings. The first-order valence-electron chi connectivity index (χ1n) is 11.5. The van der Waals surface area contributed by atoms with Crippen LogP contribution in [-0.2, 0) is 12.8 Å². The summed E-state index contributed by atoms with van der Waals surface area (Å²) < 4.78 is 0. The van der Waals surface area contributed by atoms with Gasteiger partial charge in [-0.3, -0.25) is 0 Å². The molecule has 32 heavy (non-hydrogen) atoms. The summed E-state index contributed by atoms with van der Waals surface area (Å²) in [5, 5.41) is 5.32. The molecule has 0 spiro atoms. The Morgan fingerprint density at radius 3 is 1.66 bits per heavy atom. The summed E-state index contributed by atoms with van der Waals surface area (Å²) in [6.07, 6.45) is 1.93. The van der Waals surface area contributed by atoms with Crippen LogP contribution < -0.4 is 0 Å². The van der Waals surface area contributed by atoms with Crippen LogP contribution in [0.1, 0.15) is 44.5 Å². The molecule has 5 aromatic carbocycles. The van der Waals surface area contributed by atoms with Gasteiger partial charge in [0.05, 0.1) is 0 Å². The minimum atomic E-state index is 0.960. The zero-order valence-electron chi connectivity index (χ0n) is 19.5. The van der Waals surface area contributed by atoms with E-state index in [4.69, 9.17) is 0 Å². The third kappa shape index (κ3) is 3.94. The van der Waals surface area contributed by atoms with Crippen molar-refractivity contribution >= 4 is 21.5 Å². The van der Waals surface area contributed by atoms with E-state index in [0.29, 0.717) is 0 Å². The Morgan fingerprint density at radius 1 is 0.469 bits per heavy atom. The summed E-state index contributed by atoms with van der Waals surface area (Å²) in [7, 11) is 0. The SMILES string of the molecule is Cc1ccc(Cc2ccc3cc4ccccc4cc3c2Cc2ccc(C)cc2C)c(C)c1. The number of rotatable bonds is 4. The molecule has 0 radical (unpaired) electrons. The first-order valence-corrected chi connectivity index (χ1v) is 11.5. The van der Waals surface area contributed by atoms with Crippen molar-refractivity contribution in [3.8, 4) is 0 Å².